The molecule has 0 bridgehead atoms. The van der Waals surface area contributed by atoms with Crippen LogP contribution in [-0.2, 0) is 0 Å². The molecule has 2 rings (SSSR count). The molecule has 0 aliphatic rings. The second-order valence-electron chi connectivity index (χ2n) is 4.74. The summed E-state index contributed by atoms with van der Waals surface area (Å²) in [4.78, 5) is 11.2. The number of hydrogen-bond donors (Lipinski definition) is 1. The smallest absolute Gasteiger partial charge is 0.372 e. The van der Waals surface area contributed by atoms with Crippen molar-refractivity contribution in [2.24, 2.45) is 0 Å². The van der Waals surface area contributed by atoms with E-state index in [-0.39, 0.29) is 11.7 Å². The van der Waals surface area contributed by atoms with Gasteiger partial charge in [-0.2, -0.15) is 0 Å². The predicted octanol–water partition coefficient (Wildman–Crippen LogP) is 3.87. The lowest BCUT2D eigenvalue weighted by Crippen LogP contribution is -2.00. The molecule has 0 spiro atoms. The van der Waals surface area contributed by atoms with Crippen LogP contribution in [0.25, 0.3) is 11.0 Å². The minimum atomic E-state index is -1.000. The Hall–Kier alpha value is -1.77. The predicted molar refractivity (Wildman–Crippen MR) is 66.7 cm³/mol. The fourth-order valence-electron chi connectivity index (χ4n) is 2.10. The molecule has 0 aliphatic carbocycles. The Kier molecular flexibility index (Phi) is 2.69. The molecule has 2 aromatic rings. The van der Waals surface area contributed by atoms with Crippen LogP contribution in [0.15, 0.2) is 16.5 Å². The topological polar surface area (TPSA) is 50.4 Å². The van der Waals surface area contributed by atoms with Crippen LogP contribution in [0, 0.1) is 13.8 Å². The maximum absolute atomic E-state index is 11.2. The summed E-state index contributed by atoms with van der Waals surface area (Å²) in [5.74, 6) is -0.801. The van der Waals surface area contributed by atoms with Crippen molar-refractivity contribution in [3.05, 3.63) is 34.6 Å². The van der Waals surface area contributed by atoms with Gasteiger partial charge in [0.25, 0.3) is 0 Å². The van der Waals surface area contributed by atoms with Gasteiger partial charge in [-0.05, 0) is 43.0 Å². The molecule has 1 N–H and O–H groups in total. The number of rotatable bonds is 2. The van der Waals surface area contributed by atoms with Gasteiger partial charge in [-0.15, -0.1) is 0 Å². The van der Waals surface area contributed by atoms with Crippen molar-refractivity contribution in [3.8, 4) is 0 Å². The zero-order chi connectivity index (χ0) is 12.7. The molecule has 0 atom stereocenters. The summed E-state index contributed by atoms with van der Waals surface area (Å²) < 4.78 is 5.46. The monoisotopic (exact) mass is 232 g/mol. The number of aromatic carboxylic acids is 1. The van der Waals surface area contributed by atoms with Crippen LogP contribution in [0.1, 0.15) is 47.0 Å². The first-order valence-electron chi connectivity index (χ1n) is 5.68. The lowest BCUT2D eigenvalue weighted by atomic mass is 9.97. The molecule has 3 nitrogen and oxygen atoms in total. The SMILES string of the molecule is Cc1cc2oc(C(=O)O)c(C(C)C)c2cc1C. The number of aryl methyl sites for hydroxylation is 2. The second-order valence-corrected chi connectivity index (χ2v) is 4.74. The van der Waals surface area contributed by atoms with E-state index in [1.165, 1.54) is 0 Å². The van der Waals surface area contributed by atoms with E-state index in [1.54, 1.807) is 0 Å². The van der Waals surface area contributed by atoms with Crippen LogP contribution >= 0.6 is 0 Å². The molecule has 1 aromatic carbocycles. The molecular formula is C14H16O3. The molecule has 1 heterocycles. The minimum absolute atomic E-state index is 0.0694. The highest BCUT2D eigenvalue weighted by molar-refractivity contribution is 5.96. The van der Waals surface area contributed by atoms with Gasteiger partial charge in [-0.25, -0.2) is 4.79 Å². The van der Waals surface area contributed by atoms with E-state index in [2.05, 4.69) is 0 Å². The van der Waals surface area contributed by atoms with E-state index in [4.69, 9.17) is 9.52 Å². The normalized spacial score (nSPS) is 11.4. The van der Waals surface area contributed by atoms with Crippen molar-refractivity contribution in [3.63, 3.8) is 0 Å². The van der Waals surface area contributed by atoms with Crippen LogP contribution in [0.4, 0.5) is 0 Å². The van der Waals surface area contributed by atoms with E-state index in [0.29, 0.717) is 5.58 Å². The molecule has 0 aliphatic heterocycles. The van der Waals surface area contributed by atoms with E-state index in [9.17, 15) is 4.79 Å². The second kappa shape index (κ2) is 3.91. The van der Waals surface area contributed by atoms with Crippen LogP contribution in [0.3, 0.4) is 0 Å². The van der Waals surface area contributed by atoms with Crippen molar-refractivity contribution >= 4 is 16.9 Å². The van der Waals surface area contributed by atoms with Crippen molar-refractivity contribution in [2.75, 3.05) is 0 Å². The van der Waals surface area contributed by atoms with E-state index < -0.39 is 5.97 Å². The standard InChI is InChI=1S/C14H16O3/c1-7(2)12-10-5-8(3)9(4)6-11(10)17-13(12)14(15)16/h5-7H,1-4H3,(H,15,16). The Morgan fingerprint density at radius 2 is 1.82 bits per heavy atom. The number of carboxylic acid groups (broad SMARTS) is 1. The first kappa shape index (κ1) is 11.7. The summed E-state index contributed by atoms with van der Waals surface area (Å²) in [6.07, 6.45) is 0. The molecule has 0 saturated heterocycles. The molecule has 90 valence electrons. The molecule has 1 aromatic heterocycles. The van der Waals surface area contributed by atoms with Gasteiger partial charge in [0.2, 0.25) is 5.76 Å². The fraction of sp³-hybridized carbons (Fsp3) is 0.357. The van der Waals surface area contributed by atoms with Crippen molar-refractivity contribution in [1.82, 2.24) is 0 Å². The van der Waals surface area contributed by atoms with Gasteiger partial charge in [0, 0.05) is 10.9 Å². The summed E-state index contributed by atoms with van der Waals surface area (Å²) in [5.41, 5.74) is 3.71. The average Bonchev–Trinajstić information content (AvgIpc) is 2.57. The third-order valence-corrected chi connectivity index (χ3v) is 3.11. The van der Waals surface area contributed by atoms with Gasteiger partial charge in [0.1, 0.15) is 5.58 Å². The van der Waals surface area contributed by atoms with Crippen LogP contribution < -0.4 is 0 Å². The van der Waals surface area contributed by atoms with Gasteiger partial charge in [0.05, 0.1) is 0 Å². The van der Waals surface area contributed by atoms with Gasteiger partial charge < -0.3 is 9.52 Å². The molecule has 0 saturated carbocycles. The van der Waals surface area contributed by atoms with E-state index >= 15 is 0 Å². The summed E-state index contributed by atoms with van der Waals surface area (Å²) >= 11 is 0. The van der Waals surface area contributed by atoms with Crippen LogP contribution in [0.2, 0.25) is 0 Å². The Labute approximate surface area is 100 Å². The molecule has 3 heteroatoms. The maximum Gasteiger partial charge on any atom is 0.372 e. The lowest BCUT2D eigenvalue weighted by molar-refractivity contribution is 0.0663. The van der Waals surface area contributed by atoms with Crippen LogP contribution in [0.5, 0.6) is 0 Å². The first-order chi connectivity index (χ1) is 7.91. The number of carbonyl (C=O) groups is 1. The maximum atomic E-state index is 11.2. The summed E-state index contributed by atoms with van der Waals surface area (Å²) in [5, 5.41) is 10.1. The average molecular weight is 232 g/mol. The molecule has 0 fully saturated rings. The molecule has 0 amide bonds. The molecule has 17 heavy (non-hydrogen) atoms. The Bertz CT molecular complexity index is 591. The Morgan fingerprint density at radius 1 is 1.24 bits per heavy atom. The molecule has 0 radical (unpaired) electrons. The highest BCUT2D eigenvalue weighted by Gasteiger charge is 2.22. The zero-order valence-corrected chi connectivity index (χ0v) is 10.5. The number of fused-ring (bicyclic) bond motifs is 1. The Morgan fingerprint density at radius 3 is 2.35 bits per heavy atom. The minimum Gasteiger partial charge on any atom is -0.475 e. The zero-order valence-electron chi connectivity index (χ0n) is 10.5. The van der Waals surface area contributed by atoms with Gasteiger partial charge in [-0.3, -0.25) is 0 Å². The number of benzene rings is 1. The molecule has 0 unspecified atom stereocenters. The highest BCUT2D eigenvalue weighted by atomic mass is 16.4. The van der Waals surface area contributed by atoms with E-state index in [1.807, 2.05) is 39.8 Å². The van der Waals surface area contributed by atoms with Gasteiger partial charge in [-0.1, -0.05) is 13.8 Å². The number of hydrogen-bond acceptors (Lipinski definition) is 2. The fourth-order valence-corrected chi connectivity index (χ4v) is 2.10. The third kappa shape index (κ3) is 1.82. The summed E-state index contributed by atoms with van der Waals surface area (Å²) in [6.45, 7) is 7.97. The van der Waals surface area contributed by atoms with Crippen molar-refractivity contribution in [1.29, 1.82) is 0 Å². The summed E-state index contributed by atoms with van der Waals surface area (Å²) in [6, 6.07) is 3.92. The van der Waals surface area contributed by atoms with Gasteiger partial charge >= 0.3 is 5.97 Å². The van der Waals surface area contributed by atoms with E-state index in [0.717, 1.165) is 22.1 Å². The van der Waals surface area contributed by atoms with Crippen molar-refractivity contribution < 1.29 is 14.3 Å². The van der Waals surface area contributed by atoms with Gasteiger partial charge in [0.15, 0.2) is 0 Å². The number of carboxylic acids is 1. The first-order valence-corrected chi connectivity index (χ1v) is 5.68. The number of furan rings is 1. The van der Waals surface area contributed by atoms with Crippen molar-refractivity contribution in [2.45, 2.75) is 33.6 Å². The Balaban J connectivity index is 2.85. The molecular weight excluding hydrogens is 216 g/mol. The quantitative estimate of drug-likeness (QED) is 0.855. The lowest BCUT2D eigenvalue weighted by Gasteiger charge is -2.04. The van der Waals surface area contributed by atoms with Crippen LogP contribution in [-0.4, -0.2) is 11.1 Å². The third-order valence-electron chi connectivity index (χ3n) is 3.11. The summed E-state index contributed by atoms with van der Waals surface area (Å²) in [7, 11) is 0. The largest absolute Gasteiger partial charge is 0.475 e. The highest BCUT2D eigenvalue weighted by Crippen LogP contribution is 2.33.